The van der Waals surface area contributed by atoms with E-state index in [4.69, 9.17) is 101 Å². The van der Waals surface area contributed by atoms with Crippen LogP contribution in [0, 0.1) is 27.7 Å². The van der Waals surface area contributed by atoms with Gasteiger partial charge in [-0.15, -0.1) is 0 Å². The lowest BCUT2D eigenvalue weighted by molar-refractivity contribution is 0.0972. The van der Waals surface area contributed by atoms with Crippen molar-refractivity contribution < 1.29 is 60.6 Å². The Bertz CT molecular complexity index is 7210. The van der Waals surface area contributed by atoms with Gasteiger partial charge in [0, 0.05) is 184 Å². The van der Waals surface area contributed by atoms with Crippen LogP contribution in [0.3, 0.4) is 0 Å². The first kappa shape index (κ1) is 106. The van der Waals surface area contributed by atoms with E-state index < -0.39 is 0 Å². The number of aromatic nitrogens is 12. The van der Waals surface area contributed by atoms with E-state index in [2.05, 4.69) is 146 Å². The molecule has 0 amide bonds. The van der Waals surface area contributed by atoms with Crippen LogP contribution in [0.2, 0.25) is 30.9 Å². The highest BCUT2D eigenvalue weighted by Gasteiger charge is 2.23. The van der Waals surface area contributed by atoms with Crippen molar-refractivity contribution in [1.82, 2.24) is 60.8 Å². The van der Waals surface area contributed by atoms with Gasteiger partial charge in [0.25, 0.3) is 0 Å². The monoisotopic (exact) mass is 2040 g/mol. The van der Waals surface area contributed by atoms with Gasteiger partial charge in [0.15, 0.2) is 34.7 Å². The molecular weight excluding hydrogens is 1950 g/mol. The third-order valence-electron chi connectivity index (χ3n) is 22.7. The summed E-state index contributed by atoms with van der Waals surface area (Å²) in [7, 11) is 1.62. The quantitative estimate of drug-likeness (QED) is 0.0279. The smallest absolute Gasteiger partial charge is 0.166 e. The summed E-state index contributed by atoms with van der Waals surface area (Å²) < 4.78 is 37.2. The van der Waals surface area contributed by atoms with Crippen molar-refractivity contribution in [2.45, 2.75) is 144 Å². The molecule has 0 radical (unpaired) electrons. The van der Waals surface area contributed by atoms with Crippen molar-refractivity contribution in [3.05, 3.63) is 418 Å². The number of hydrogen-bond donors (Lipinski definition) is 0. The summed E-state index contributed by atoms with van der Waals surface area (Å²) in [6, 6.07) is 77.6. The molecule has 12 heterocycles. The Morgan fingerprint density at radius 3 is 0.785 bits per heavy atom. The van der Waals surface area contributed by atoms with E-state index in [0.29, 0.717) is 139 Å². The minimum Gasteiger partial charge on any atom is -0.497 e. The van der Waals surface area contributed by atoms with Crippen molar-refractivity contribution in [3.63, 3.8) is 0 Å². The molecule has 0 fully saturated rings. The molecular formula is C113H100Cl6N12O13. The van der Waals surface area contributed by atoms with Gasteiger partial charge in [0.2, 0.25) is 0 Å². The SMILES string of the molecule is CC(C)(C)c1ccc(-c2cc(CCC(=O)c3cccnc3Cl)on2)cc1.CCc1ccc(-c2cc(CCC(=O)c3cccnc3Cl)on2)cc1.COc1ccc(-c2cc(CCC(=O)c3cccnc3Cl)on2)cc1.Cc1cc(C)c(-c2cc(CCC(=O)c3cccnc3Cl)on2)c(C)c1.Cc1ccc(-c2cc(CCC(=O)c3cccnc3Cl)on2)cc1.O=C(CCc1cc(-c2ccccc2)no1)c1cccnc1Cl. The van der Waals surface area contributed by atoms with E-state index in [1.54, 1.807) is 117 Å². The van der Waals surface area contributed by atoms with Crippen LogP contribution in [0.1, 0.15) is 196 Å². The summed E-state index contributed by atoms with van der Waals surface area (Å²) >= 11 is 35.6. The number of carbonyl (C=O) groups excluding carboxylic acids is 6. The van der Waals surface area contributed by atoms with Crippen LogP contribution in [-0.4, -0.2) is 103 Å². The Morgan fingerprint density at radius 1 is 0.285 bits per heavy atom. The number of hydrogen-bond acceptors (Lipinski definition) is 25. The fourth-order valence-electron chi connectivity index (χ4n) is 14.9. The molecule has 0 bridgehead atoms. The molecule has 6 aromatic carbocycles. The van der Waals surface area contributed by atoms with E-state index in [9.17, 15) is 28.8 Å². The molecule has 0 saturated heterocycles. The topological polar surface area (TPSA) is 345 Å². The molecule has 0 aliphatic carbocycles. The molecule has 18 rings (SSSR count). The zero-order valence-corrected chi connectivity index (χ0v) is 84.8. The van der Waals surface area contributed by atoms with Crippen LogP contribution in [0.4, 0.5) is 0 Å². The maximum Gasteiger partial charge on any atom is 0.166 e. The number of nitrogens with zero attached hydrogens (tertiary/aromatic N) is 12. The second-order valence-electron chi connectivity index (χ2n) is 34.3. The van der Waals surface area contributed by atoms with Gasteiger partial charge in [-0.25, -0.2) is 29.9 Å². The maximum absolute atomic E-state index is 12.3. The maximum atomic E-state index is 12.3. The first-order chi connectivity index (χ1) is 69.5. The molecule has 144 heavy (non-hydrogen) atoms. The number of rotatable bonds is 32. The van der Waals surface area contributed by atoms with Crippen molar-refractivity contribution >= 4 is 104 Å². The van der Waals surface area contributed by atoms with Gasteiger partial charge in [-0.2, -0.15) is 0 Å². The predicted octanol–water partition coefficient (Wildman–Crippen LogP) is 28.3. The molecule has 12 aromatic heterocycles. The van der Waals surface area contributed by atoms with Crippen LogP contribution < -0.4 is 4.74 Å². The number of carbonyl (C=O) groups is 6. The molecule has 31 heteroatoms. The summed E-state index contributed by atoms with van der Waals surface area (Å²) in [5.41, 5.74) is 20.6. The summed E-state index contributed by atoms with van der Waals surface area (Å²) in [5.74, 6) is 4.45. The van der Waals surface area contributed by atoms with Gasteiger partial charge in [-0.05, 0) is 159 Å². The lowest BCUT2D eigenvalue weighted by Gasteiger charge is -2.18. The largest absolute Gasteiger partial charge is 0.497 e. The van der Waals surface area contributed by atoms with Gasteiger partial charge in [-0.3, -0.25) is 28.8 Å². The number of halogens is 6. The van der Waals surface area contributed by atoms with Crippen molar-refractivity contribution in [1.29, 1.82) is 0 Å². The molecule has 0 atom stereocenters. The Kier molecular flexibility index (Phi) is 38.5. The summed E-state index contributed by atoms with van der Waals surface area (Å²) in [6.45, 7) is 16.9. The summed E-state index contributed by atoms with van der Waals surface area (Å²) in [5, 5.41) is 25.9. The van der Waals surface area contributed by atoms with Gasteiger partial charge in [-0.1, -0.05) is 255 Å². The molecule has 18 aromatic rings. The molecule has 732 valence electrons. The van der Waals surface area contributed by atoms with Crippen molar-refractivity contribution in [2.24, 2.45) is 0 Å². The fraction of sp³-hybridized carbons (Fsp3) is 0.204. The van der Waals surface area contributed by atoms with E-state index in [1.165, 1.54) is 22.3 Å². The second-order valence-corrected chi connectivity index (χ2v) is 36.4. The average molecular weight is 2050 g/mol. The van der Waals surface area contributed by atoms with Gasteiger partial charge < -0.3 is 31.9 Å². The Balaban J connectivity index is 0.000000145. The molecule has 0 aliphatic rings. The lowest BCUT2D eigenvalue weighted by atomic mass is 9.86. The zero-order chi connectivity index (χ0) is 102. The normalized spacial score (nSPS) is 10.9. The van der Waals surface area contributed by atoms with Crippen molar-refractivity contribution in [2.75, 3.05) is 7.11 Å². The second kappa shape index (κ2) is 52.2. The molecule has 0 aliphatic heterocycles. The number of methoxy groups -OCH3 is 1. The highest BCUT2D eigenvalue weighted by molar-refractivity contribution is 6.35. The Morgan fingerprint density at radius 2 is 0.528 bits per heavy atom. The van der Waals surface area contributed by atoms with Crippen LogP contribution in [0.15, 0.2) is 313 Å². The summed E-state index contributed by atoms with van der Waals surface area (Å²) in [4.78, 5) is 96.7. The number of Topliss-reactive ketones (excluding diaryl/α,β-unsaturated/α-hetero) is 6. The number of ketones is 6. The van der Waals surface area contributed by atoms with Crippen LogP contribution in [-0.2, 0) is 50.4 Å². The van der Waals surface area contributed by atoms with E-state index in [0.717, 1.165) is 90.8 Å². The number of pyridine rings is 6. The third-order valence-corrected chi connectivity index (χ3v) is 24.5. The minimum absolute atomic E-state index is 0.0567. The molecule has 25 nitrogen and oxygen atoms in total. The minimum atomic E-state index is -0.0736. The average Bonchev–Trinajstić information content (AvgIpc) is 1.61. The molecule has 0 N–H and O–H groups in total. The highest BCUT2D eigenvalue weighted by atomic mass is 35.5. The number of benzene rings is 6. The summed E-state index contributed by atoms with van der Waals surface area (Å²) in [6.07, 6.45) is 15.0. The van der Waals surface area contributed by atoms with Crippen LogP contribution >= 0.6 is 69.6 Å². The van der Waals surface area contributed by atoms with E-state index >= 15 is 0 Å². The third kappa shape index (κ3) is 30.5. The van der Waals surface area contributed by atoms with Crippen LogP contribution in [0.5, 0.6) is 5.75 Å². The first-order valence-corrected chi connectivity index (χ1v) is 48.4. The predicted molar refractivity (Wildman–Crippen MR) is 557 cm³/mol. The van der Waals surface area contributed by atoms with E-state index in [1.807, 2.05) is 146 Å². The van der Waals surface area contributed by atoms with E-state index in [-0.39, 0.29) is 77.5 Å². The van der Waals surface area contributed by atoms with Gasteiger partial charge >= 0.3 is 0 Å². The highest BCUT2D eigenvalue weighted by Crippen LogP contribution is 2.34. The van der Waals surface area contributed by atoms with Gasteiger partial charge in [0.05, 0.1) is 40.5 Å². The number of aryl methyl sites for hydroxylation is 11. The Hall–Kier alpha value is -15.0. The van der Waals surface area contributed by atoms with Crippen LogP contribution in [0.25, 0.3) is 67.5 Å². The molecule has 0 saturated carbocycles. The fourth-order valence-corrected chi connectivity index (χ4v) is 16.3. The first-order valence-electron chi connectivity index (χ1n) is 46.1. The van der Waals surface area contributed by atoms with Crippen molar-refractivity contribution in [3.8, 4) is 73.3 Å². The zero-order valence-electron chi connectivity index (χ0n) is 80.3. The molecule has 0 unspecified atom stereocenters. The standard InChI is InChI=1S/C21H21ClN2O2.C20H19ClN2O2.C19H17ClN2O2.C18H15ClN2O3.C18H15ClN2O2.C17H13ClN2O2/c1-21(2,3)15-8-6-14(7-9-15)18-13-16(26-24-18)10-11-19(25)17-5-4-12-23-20(17)22;1-12-9-13(2)19(14(3)10-12)17-11-15(25-23-17)6-7-18(24)16-5-4-8-22-20(16)21;1-2-13-5-7-14(8-6-13)17-12-15(24-22-17)9-10-18(23)16-4-3-11-21-19(16)20;1-23-13-6-4-12(5-7-13)16-11-14(24-21-16)8-9-17(22)15-3-2-10-20-18(15)19;1-12-4-6-13(7-5-12)16-11-14(23-21-16)8-9-17(22)15-3-2-10-20-18(15)19;18-17-14(7-4-10-19-17)16(21)9-8-13-11-15(20-22-13)12-5-2-1-3-6-12/h4-9,12-13H,10-11H2,1-3H3;4-5,8-11H,6-7H2,1-3H3;3-8,11-12H,2,9-10H2,1H3;2-7,10-11H,8-9H2,1H3;2-7,10-11H,8-9H2,1H3;1-7,10-11H,8-9H2. The lowest BCUT2D eigenvalue weighted by Crippen LogP contribution is -2.10. The molecule has 0 spiro atoms. The number of ether oxygens (including phenoxy) is 1. The van der Waals surface area contributed by atoms with Gasteiger partial charge in [0.1, 0.15) is 105 Å². The Labute approximate surface area is 862 Å².